The maximum Gasteiger partial charge on any atom is 0.186 e. The van der Waals surface area contributed by atoms with Gasteiger partial charge in [0.1, 0.15) is 0 Å². The van der Waals surface area contributed by atoms with Gasteiger partial charge in [0.15, 0.2) is 5.13 Å². The van der Waals surface area contributed by atoms with E-state index in [1.807, 2.05) is 18.4 Å². The Balaban J connectivity index is 2.26. The largest absolute Gasteiger partial charge is 0.345 e. The quantitative estimate of drug-likeness (QED) is 0.914. The zero-order valence-electron chi connectivity index (χ0n) is 12.9. The highest BCUT2D eigenvalue weighted by molar-refractivity contribution is 7.15. The zero-order valence-corrected chi connectivity index (χ0v) is 13.7. The first-order chi connectivity index (χ1) is 9.04. The molecule has 0 radical (unpaired) electrons. The lowest BCUT2D eigenvalue weighted by atomic mass is 9.92. The van der Waals surface area contributed by atoms with Crippen LogP contribution in [0.4, 0.5) is 5.13 Å². The Labute approximate surface area is 121 Å². The first-order valence-corrected chi connectivity index (χ1v) is 8.27. The molecule has 4 heteroatoms. The third-order valence-electron chi connectivity index (χ3n) is 4.22. The molecule has 0 bridgehead atoms. The number of nitrogens with zero attached hydrogens (tertiary/aromatic N) is 2. The van der Waals surface area contributed by atoms with E-state index in [9.17, 15) is 0 Å². The third-order valence-corrected chi connectivity index (χ3v) is 5.33. The summed E-state index contributed by atoms with van der Waals surface area (Å²) in [6, 6.07) is 0.613. The Morgan fingerprint density at radius 2 is 2.16 bits per heavy atom. The van der Waals surface area contributed by atoms with Crippen LogP contribution in [0, 0.1) is 5.92 Å². The van der Waals surface area contributed by atoms with Crippen LogP contribution in [0.15, 0.2) is 0 Å². The van der Waals surface area contributed by atoms with E-state index in [1.54, 1.807) is 0 Å². The molecule has 1 aromatic heterocycles. The summed E-state index contributed by atoms with van der Waals surface area (Å²) in [4.78, 5) is 8.86. The number of hydrogen-bond acceptors (Lipinski definition) is 4. The molecule has 0 spiro atoms. The molecule has 108 valence electrons. The van der Waals surface area contributed by atoms with E-state index in [4.69, 9.17) is 4.98 Å². The van der Waals surface area contributed by atoms with Gasteiger partial charge in [-0.3, -0.25) is 0 Å². The van der Waals surface area contributed by atoms with E-state index in [-0.39, 0.29) is 0 Å². The molecule has 2 atom stereocenters. The lowest BCUT2D eigenvalue weighted by Crippen LogP contribution is -2.42. The Kier molecular flexibility index (Phi) is 4.85. The average Bonchev–Trinajstić information content (AvgIpc) is 2.77. The summed E-state index contributed by atoms with van der Waals surface area (Å²) in [5.74, 6) is 1.28. The molecule has 0 amide bonds. The Morgan fingerprint density at radius 1 is 1.42 bits per heavy atom. The van der Waals surface area contributed by atoms with Crippen molar-refractivity contribution in [3.05, 3.63) is 10.6 Å². The molecule has 2 rings (SSSR count). The lowest BCUT2D eigenvalue weighted by Gasteiger charge is -2.37. The van der Waals surface area contributed by atoms with Gasteiger partial charge in [-0.2, -0.15) is 0 Å². The molecule has 1 aliphatic heterocycles. The highest BCUT2D eigenvalue weighted by Gasteiger charge is 2.28. The fourth-order valence-electron chi connectivity index (χ4n) is 2.82. The number of piperidine rings is 1. The molecule has 1 fully saturated rings. The summed E-state index contributed by atoms with van der Waals surface area (Å²) in [6.45, 7) is 11.3. The van der Waals surface area contributed by atoms with Gasteiger partial charge in [-0.15, -0.1) is 11.3 Å². The van der Waals surface area contributed by atoms with Crippen LogP contribution in [0.2, 0.25) is 0 Å². The number of thiazole rings is 1. The van der Waals surface area contributed by atoms with Crippen molar-refractivity contribution in [1.82, 2.24) is 10.3 Å². The second kappa shape index (κ2) is 6.23. The molecule has 1 N–H and O–H groups in total. The number of nitrogens with one attached hydrogen (secondary N) is 1. The van der Waals surface area contributed by atoms with Crippen LogP contribution in [-0.2, 0) is 6.54 Å². The number of anilines is 1. The van der Waals surface area contributed by atoms with Crippen molar-refractivity contribution in [2.24, 2.45) is 5.92 Å². The zero-order chi connectivity index (χ0) is 14.0. The summed E-state index contributed by atoms with van der Waals surface area (Å²) in [7, 11) is 2.01. The van der Waals surface area contributed by atoms with Gasteiger partial charge in [0.05, 0.1) is 5.69 Å². The predicted molar refractivity (Wildman–Crippen MR) is 84.2 cm³/mol. The van der Waals surface area contributed by atoms with Crippen LogP contribution in [-0.4, -0.2) is 24.6 Å². The van der Waals surface area contributed by atoms with E-state index in [0.717, 1.165) is 19.0 Å². The van der Waals surface area contributed by atoms with Crippen LogP contribution in [0.1, 0.15) is 57.0 Å². The summed E-state index contributed by atoms with van der Waals surface area (Å²) in [5, 5.41) is 4.50. The van der Waals surface area contributed by atoms with E-state index in [1.165, 1.54) is 28.5 Å². The van der Waals surface area contributed by atoms with Crippen molar-refractivity contribution in [2.75, 3.05) is 18.5 Å². The van der Waals surface area contributed by atoms with Gasteiger partial charge in [0.25, 0.3) is 0 Å². The highest BCUT2D eigenvalue weighted by atomic mass is 32.1. The maximum absolute atomic E-state index is 4.94. The molecule has 0 aromatic carbocycles. The summed E-state index contributed by atoms with van der Waals surface area (Å²) >= 11 is 1.88. The lowest BCUT2D eigenvalue weighted by molar-refractivity contribution is 0.363. The molecule has 1 aromatic rings. The first-order valence-electron chi connectivity index (χ1n) is 7.45. The minimum absolute atomic E-state index is 0.505. The molecular weight excluding hydrogens is 254 g/mol. The van der Waals surface area contributed by atoms with E-state index in [0.29, 0.717) is 12.0 Å². The van der Waals surface area contributed by atoms with Crippen LogP contribution >= 0.6 is 11.3 Å². The second-order valence-electron chi connectivity index (χ2n) is 6.04. The topological polar surface area (TPSA) is 28.2 Å². The number of hydrogen-bond donors (Lipinski definition) is 1. The number of aromatic nitrogens is 1. The van der Waals surface area contributed by atoms with Crippen LogP contribution in [0.25, 0.3) is 0 Å². The van der Waals surface area contributed by atoms with Crippen LogP contribution in [0.3, 0.4) is 0 Å². The Morgan fingerprint density at radius 3 is 2.79 bits per heavy atom. The smallest absolute Gasteiger partial charge is 0.186 e. The molecule has 0 saturated carbocycles. The Bertz CT molecular complexity index is 414. The van der Waals surface area contributed by atoms with Gasteiger partial charge in [0.2, 0.25) is 0 Å². The minimum atomic E-state index is 0.505. The van der Waals surface area contributed by atoms with Crippen molar-refractivity contribution in [3.8, 4) is 0 Å². The van der Waals surface area contributed by atoms with Gasteiger partial charge < -0.3 is 10.2 Å². The van der Waals surface area contributed by atoms with Crippen LogP contribution < -0.4 is 10.2 Å². The predicted octanol–water partition coefficient (Wildman–Crippen LogP) is 3.61. The van der Waals surface area contributed by atoms with Crippen LogP contribution in [0.5, 0.6) is 0 Å². The van der Waals surface area contributed by atoms with Crippen molar-refractivity contribution in [1.29, 1.82) is 0 Å². The average molecular weight is 281 g/mol. The molecule has 1 saturated heterocycles. The van der Waals surface area contributed by atoms with Gasteiger partial charge in [-0.05, 0) is 38.6 Å². The van der Waals surface area contributed by atoms with Crippen molar-refractivity contribution < 1.29 is 0 Å². The molecule has 0 aliphatic carbocycles. The molecule has 19 heavy (non-hydrogen) atoms. The monoisotopic (exact) mass is 281 g/mol. The maximum atomic E-state index is 4.94. The van der Waals surface area contributed by atoms with Crippen molar-refractivity contribution >= 4 is 16.5 Å². The fraction of sp³-hybridized carbons (Fsp3) is 0.800. The highest BCUT2D eigenvalue weighted by Crippen LogP contribution is 2.35. The van der Waals surface area contributed by atoms with Gasteiger partial charge in [-0.1, -0.05) is 20.8 Å². The molecule has 2 unspecified atom stereocenters. The summed E-state index contributed by atoms with van der Waals surface area (Å²) in [6.07, 6.45) is 2.65. The van der Waals surface area contributed by atoms with Crippen molar-refractivity contribution in [3.63, 3.8) is 0 Å². The summed E-state index contributed by atoms with van der Waals surface area (Å²) < 4.78 is 0. The third kappa shape index (κ3) is 3.11. The molecule has 1 aliphatic rings. The number of rotatable bonds is 4. The molecule has 2 heterocycles. The second-order valence-corrected chi connectivity index (χ2v) is 7.11. The summed E-state index contributed by atoms with van der Waals surface area (Å²) in [5.41, 5.74) is 1.28. The van der Waals surface area contributed by atoms with Gasteiger partial charge in [-0.25, -0.2) is 4.98 Å². The Hall–Kier alpha value is -0.610. The minimum Gasteiger partial charge on any atom is -0.345 e. The standard InChI is InChI=1S/C15H27N3S/c1-10(2)14-13(9-16-5)19-15(17-14)18-8-6-7-11(3)12(18)4/h10-12,16H,6-9H2,1-5H3. The normalized spacial score (nSPS) is 24.2. The van der Waals surface area contributed by atoms with E-state index in [2.05, 4.69) is 37.9 Å². The molecular formula is C15H27N3S. The van der Waals surface area contributed by atoms with Gasteiger partial charge >= 0.3 is 0 Å². The molecule has 3 nitrogen and oxygen atoms in total. The van der Waals surface area contributed by atoms with E-state index < -0.39 is 0 Å². The van der Waals surface area contributed by atoms with Crippen molar-refractivity contribution in [2.45, 2.75) is 59.0 Å². The van der Waals surface area contributed by atoms with Gasteiger partial charge in [0, 0.05) is 24.0 Å². The first kappa shape index (κ1) is 14.8. The SMILES string of the molecule is CNCc1sc(N2CCCC(C)C2C)nc1C(C)C. The van der Waals surface area contributed by atoms with E-state index >= 15 is 0 Å². The fourth-order valence-corrected chi connectivity index (χ4v) is 4.16.